The van der Waals surface area contributed by atoms with Crippen LogP contribution in [0.15, 0.2) is 52.9 Å². The zero-order valence-corrected chi connectivity index (χ0v) is 41.5. The van der Waals surface area contributed by atoms with Crippen molar-refractivity contribution in [2.45, 2.75) is 131 Å². The summed E-state index contributed by atoms with van der Waals surface area (Å²) in [5.41, 5.74) is 1.02. The molecule has 1 heterocycles. The fourth-order valence-corrected chi connectivity index (χ4v) is 7.00. The second kappa shape index (κ2) is 31.3. The lowest BCUT2D eigenvalue weighted by atomic mass is 9.90. The van der Waals surface area contributed by atoms with Gasteiger partial charge in [0.25, 0.3) is 11.8 Å². The highest BCUT2D eigenvalue weighted by atomic mass is 16.7. The number of carbonyl (C=O) groups excluding carboxylic acids is 8. The van der Waals surface area contributed by atoms with Crippen LogP contribution in [0.25, 0.3) is 11.3 Å². The minimum absolute atomic E-state index is 0.0841. The van der Waals surface area contributed by atoms with E-state index in [1.54, 1.807) is 26.0 Å². The molecule has 0 fully saturated rings. The number of ether oxygens (including phenoxy) is 5. The Bertz CT molecular complexity index is 2190. The molecular weight excluding hydrogens is 909 g/mol. The van der Waals surface area contributed by atoms with E-state index >= 15 is 0 Å². The van der Waals surface area contributed by atoms with Gasteiger partial charge in [0.15, 0.2) is 12.4 Å². The number of esters is 3. The lowest BCUT2D eigenvalue weighted by molar-refractivity contribution is -0.171. The molecule has 2 aromatic carbocycles. The van der Waals surface area contributed by atoms with Crippen molar-refractivity contribution in [3.05, 3.63) is 71.0 Å². The molecule has 0 aliphatic carbocycles. The van der Waals surface area contributed by atoms with E-state index in [4.69, 9.17) is 32.9 Å². The topological polar surface area (TPSA) is 244 Å². The van der Waals surface area contributed by atoms with Gasteiger partial charge in [-0.05, 0) is 87.1 Å². The van der Waals surface area contributed by atoms with Crippen molar-refractivity contribution in [1.29, 1.82) is 0 Å². The van der Waals surface area contributed by atoms with Gasteiger partial charge in [-0.1, -0.05) is 79.2 Å². The first kappa shape index (κ1) is 57.4. The number of benzene rings is 2. The van der Waals surface area contributed by atoms with Gasteiger partial charge in [0.1, 0.15) is 23.3 Å². The Labute approximate surface area is 409 Å². The average Bonchev–Trinajstić information content (AvgIpc) is 3.85. The van der Waals surface area contributed by atoms with Crippen molar-refractivity contribution < 1.29 is 71.3 Å². The molecule has 19 nitrogen and oxygen atoms in total. The van der Waals surface area contributed by atoms with Gasteiger partial charge in [-0.25, -0.2) is 14.4 Å². The second-order valence-electron chi connectivity index (χ2n) is 16.4. The highest BCUT2D eigenvalue weighted by Crippen LogP contribution is 2.30. The summed E-state index contributed by atoms with van der Waals surface area (Å²) in [6.07, 6.45) is 7.00. The first-order valence-electron chi connectivity index (χ1n) is 24.1. The van der Waals surface area contributed by atoms with Crippen molar-refractivity contribution >= 4 is 48.0 Å². The van der Waals surface area contributed by atoms with Gasteiger partial charge in [0.05, 0.1) is 63.1 Å². The van der Waals surface area contributed by atoms with E-state index in [1.165, 1.54) is 43.5 Å². The van der Waals surface area contributed by atoms with Crippen LogP contribution in [0.1, 0.15) is 149 Å². The van der Waals surface area contributed by atoms with Crippen LogP contribution in [0.2, 0.25) is 0 Å². The summed E-state index contributed by atoms with van der Waals surface area (Å²) >= 11 is 0. The van der Waals surface area contributed by atoms with Gasteiger partial charge in [0, 0.05) is 5.56 Å². The SMILES string of the molecule is CCCCC[C@@H](C(=O)NCNC(=O)c1ccc(-c2ccc(C(=O)N[C@@H](CC(=O)OCCCC)C(=O)OCCCC)c(OCC(=O)OCCCC)c2)o1)[C@@H](CC)N(C=O)OC(=O)c1ccc(OC)cc1C. The lowest BCUT2D eigenvalue weighted by Gasteiger charge is -2.32. The largest absolute Gasteiger partial charge is 0.497 e. The molecule has 19 heteroatoms. The maximum atomic E-state index is 13.8. The summed E-state index contributed by atoms with van der Waals surface area (Å²) in [6, 6.07) is 9.73. The standard InChI is InChI=1S/C51H70N4O15/c1-8-13-17-18-38(41(12-5)55(33-56)70-50(62)37-22-20-36(64-7)28-34(37)6)47(59)52-32-53-49(61)43-24-23-42(69-43)35-19-21-39(44(29-35)68-31-46(58)66-26-15-10-3)48(60)54-40(51(63)67-27-16-11-4)30-45(57)65-25-14-9-2/h19-24,28-29,33,38,40-41H,8-18,25-27,30-32H2,1-7H3,(H,52,59)(H,53,61)(H,54,60)/t38-,40+,41-/m1/s1. The highest BCUT2D eigenvalue weighted by Gasteiger charge is 2.34. The number of nitrogens with one attached hydrogen (secondary N) is 3. The molecule has 0 aliphatic heterocycles. The predicted octanol–water partition coefficient (Wildman–Crippen LogP) is 7.17. The zero-order valence-electron chi connectivity index (χ0n) is 41.5. The molecule has 3 aromatic rings. The molecule has 0 unspecified atom stereocenters. The minimum Gasteiger partial charge on any atom is -0.497 e. The third-order valence-corrected chi connectivity index (χ3v) is 11.0. The normalized spacial score (nSPS) is 12.0. The summed E-state index contributed by atoms with van der Waals surface area (Å²) in [4.78, 5) is 110. The molecule has 0 saturated carbocycles. The Morgan fingerprint density at radius 2 is 1.39 bits per heavy atom. The van der Waals surface area contributed by atoms with Crippen LogP contribution >= 0.6 is 0 Å². The van der Waals surface area contributed by atoms with Crippen molar-refractivity contribution in [3.63, 3.8) is 0 Å². The second-order valence-corrected chi connectivity index (χ2v) is 16.4. The molecule has 1 aromatic heterocycles. The van der Waals surface area contributed by atoms with Crippen molar-refractivity contribution in [3.8, 4) is 22.8 Å². The molecule has 3 rings (SSSR count). The number of nitrogens with zero attached hydrogens (tertiary/aromatic N) is 1. The molecule has 0 radical (unpaired) electrons. The van der Waals surface area contributed by atoms with Gasteiger partial charge in [-0.3, -0.25) is 24.0 Å². The number of hydroxylamine groups is 2. The minimum atomic E-state index is -1.40. The Kier molecular flexibility index (Phi) is 25.6. The van der Waals surface area contributed by atoms with E-state index in [0.717, 1.165) is 37.2 Å². The van der Waals surface area contributed by atoms with Crippen LogP contribution in [-0.2, 0) is 43.0 Å². The molecular formula is C51H70N4O15. The number of unbranched alkanes of at least 4 members (excludes halogenated alkanes) is 5. The Morgan fingerprint density at radius 1 is 0.729 bits per heavy atom. The van der Waals surface area contributed by atoms with Crippen LogP contribution in [0, 0.1) is 12.8 Å². The van der Waals surface area contributed by atoms with E-state index < -0.39 is 72.6 Å². The molecule has 70 heavy (non-hydrogen) atoms. The Hall–Kier alpha value is -6.92. The number of hydrogen-bond donors (Lipinski definition) is 3. The van der Waals surface area contributed by atoms with Gasteiger partial charge in [-0.15, -0.1) is 0 Å². The van der Waals surface area contributed by atoms with Crippen LogP contribution in [0.3, 0.4) is 0 Å². The molecule has 384 valence electrons. The smallest absolute Gasteiger partial charge is 0.363 e. The molecule has 0 bridgehead atoms. The van der Waals surface area contributed by atoms with E-state index in [-0.39, 0.29) is 61.3 Å². The maximum absolute atomic E-state index is 13.8. The summed E-state index contributed by atoms with van der Waals surface area (Å²) < 4.78 is 32.7. The van der Waals surface area contributed by atoms with Crippen LogP contribution in [0.5, 0.6) is 11.5 Å². The van der Waals surface area contributed by atoms with Gasteiger partial charge < -0.3 is 48.9 Å². The Morgan fingerprint density at radius 3 is 2.01 bits per heavy atom. The zero-order chi connectivity index (χ0) is 51.4. The first-order valence-corrected chi connectivity index (χ1v) is 24.1. The monoisotopic (exact) mass is 978 g/mol. The summed E-state index contributed by atoms with van der Waals surface area (Å²) in [7, 11) is 1.50. The summed E-state index contributed by atoms with van der Waals surface area (Å²) in [5, 5.41) is 8.74. The van der Waals surface area contributed by atoms with Crippen LogP contribution in [-0.4, -0.2) is 105 Å². The van der Waals surface area contributed by atoms with Crippen LogP contribution in [0.4, 0.5) is 0 Å². The summed E-state index contributed by atoms with van der Waals surface area (Å²) in [5.74, 6) is -5.32. The molecule has 0 saturated heterocycles. The van der Waals surface area contributed by atoms with E-state index in [1.807, 2.05) is 27.7 Å². The quantitative estimate of drug-likeness (QED) is 0.0137. The Balaban J connectivity index is 1.80. The summed E-state index contributed by atoms with van der Waals surface area (Å²) in [6.45, 7) is 10.8. The first-order chi connectivity index (χ1) is 33.7. The lowest BCUT2D eigenvalue weighted by Crippen LogP contribution is -2.49. The highest BCUT2D eigenvalue weighted by molar-refractivity contribution is 6.00. The third-order valence-electron chi connectivity index (χ3n) is 11.0. The van der Waals surface area contributed by atoms with E-state index in [0.29, 0.717) is 55.4 Å². The predicted molar refractivity (Wildman–Crippen MR) is 256 cm³/mol. The molecule has 0 aliphatic rings. The number of amides is 4. The number of hydrogen-bond acceptors (Lipinski definition) is 15. The average molecular weight is 979 g/mol. The number of furan rings is 1. The van der Waals surface area contributed by atoms with E-state index in [2.05, 4.69) is 16.0 Å². The third kappa shape index (κ3) is 18.5. The van der Waals surface area contributed by atoms with E-state index in [9.17, 15) is 38.4 Å². The van der Waals surface area contributed by atoms with Crippen molar-refractivity contribution in [1.82, 2.24) is 21.0 Å². The molecule has 4 amide bonds. The van der Waals surface area contributed by atoms with Gasteiger partial charge >= 0.3 is 23.9 Å². The number of carbonyl (C=O) groups is 8. The molecule has 3 atom stereocenters. The molecule has 0 spiro atoms. The fourth-order valence-electron chi connectivity index (χ4n) is 7.00. The van der Waals surface area contributed by atoms with Crippen molar-refractivity contribution in [2.24, 2.45) is 5.92 Å². The fraction of sp³-hybridized carbons (Fsp3) is 0.529. The van der Waals surface area contributed by atoms with Gasteiger partial charge in [-0.2, -0.15) is 5.06 Å². The number of aryl methyl sites for hydroxylation is 1. The van der Waals surface area contributed by atoms with Gasteiger partial charge in [0.2, 0.25) is 12.3 Å². The number of rotatable bonds is 33. The number of methoxy groups -OCH3 is 1. The molecule has 3 N–H and O–H groups in total. The maximum Gasteiger partial charge on any atom is 0.363 e. The van der Waals surface area contributed by atoms with Crippen molar-refractivity contribution in [2.75, 3.05) is 40.2 Å². The van der Waals surface area contributed by atoms with Crippen LogP contribution < -0.4 is 25.4 Å².